The van der Waals surface area contributed by atoms with E-state index in [-0.39, 0.29) is 5.91 Å². The zero-order chi connectivity index (χ0) is 13.8. The van der Waals surface area contributed by atoms with Crippen LogP contribution in [-0.4, -0.2) is 10.9 Å². The highest BCUT2D eigenvalue weighted by molar-refractivity contribution is 9.11. The second kappa shape index (κ2) is 6.14. The number of nitrogen functional groups attached to an aromatic ring is 1. The lowest BCUT2D eigenvalue weighted by atomic mass is 10.3. The molecule has 0 saturated carbocycles. The Balaban J connectivity index is 2.15. The number of halogens is 2. The van der Waals surface area contributed by atoms with Crippen molar-refractivity contribution < 1.29 is 4.79 Å². The Bertz CT molecular complexity index is 601. The van der Waals surface area contributed by atoms with Crippen LogP contribution in [0.15, 0.2) is 45.5 Å². The molecule has 1 aromatic heterocycles. The predicted molar refractivity (Wildman–Crippen MR) is 81.8 cm³/mol. The van der Waals surface area contributed by atoms with Gasteiger partial charge < -0.3 is 10.7 Å². The molecule has 2 aromatic rings. The molecule has 19 heavy (non-hydrogen) atoms. The number of carbonyl (C=O) groups is 1. The third-order valence-electron chi connectivity index (χ3n) is 2.34. The lowest BCUT2D eigenvalue weighted by Gasteiger charge is -2.07. The minimum absolute atomic E-state index is 0.286. The van der Waals surface area contributed by atoms with E-state index < -0.39 is 0 Å². The molecule has 5 nitrogen and oxygen atoms in total. The third kappa shape index (κ3) is 3.52. The van der Waals surface area contributed by atoms with Gasteiger partial charge in [-0.1, -0.05) is 15.9 Å². The number of rotatable bonds is 3. The fourth-order valence-electron chi connectivity index (χ4n) is 1.39. The molecular weight excluding hydrogens is 376 g/mol. The predicted octanol–water partition coefficient (Wildman–Crippen LogP) is 3.14. The molecule has 1 aromatic carbocycles. The van der Waals surface area contributed by atoms with Crippen molar-refractivity contribution in [1.29, 1.82) is 0 Å². The van der Waals surface area contributed by atoms with Crippen LogP contribution in [0.1, 0.15) is 10.5 Å². The summed E-state index contributed by atoms with van der Waals surface area (Å²) < 4.78 is 1.71. The van der Waals surface area contributed by atoms with E-state index in [1.165, 1.54) is 6.20 Å². The van der Waals surface area contributed by atoms with Crippen LogP contribution in [0.25, 0.3) is 0 Å². The van der Waals surface area contributed by atoms with E-state index in [2.05, 4.69) is 47.6 Å². The Morgan fingerprint density at radius 2 is 2.00 bits per heavy atom. The molecule has 0 unspecified atom stereocenters. The van der Waals surface area contributed by atoms with Crippen LogP contribution in [0.3, 0.4) is 0 Å². The number of hydrogen-bond acceptors (Lipinski definition) is 4. The second-order valence-corrected chi connectivity index (χ2v) is 5.42. The zero-order valence-electron chi connectivity index (χ0n) is 9.65. The maximum Gasteiger partial charge on any atom is 0.274 e. The molecule has 0 bridgehead atoms. The van der Waals surface area contributed by atoms with Crippen molar-refractivity contribution >= 4 is 49.1 Å². The van der Waals surface area contributed by atoms with E-state index in [0.717, 1.165) is 8.95 Å². The first-order valence-electron chi connectivity index (χ1n) is 5.29. The molecule has 7 heteroatoms. The zero-order valence-corrected chi connectivity index (χ0v) is 12.8. The molecule has 2 rings (SSSR count). The van der Waals surface area contributed by atoms with Gasteiger partial charge in [0.15, 0.2) is 0 Å². The van der Waals surface area contributed by atoms with Crippen LogP contribution in [0.4, 0.5) is 11.4 Å². The number of aromatic nitrogens is 1. The number of hydrazine groups is 1. The summed E-state index contributed by atoms with van der Waals surface area (Å²) >= 11 is 6.73. The van der Waals surface area contributed by atoms with Crippen LogP contribution in [0.5, 0.6) is 0 Å². The van der Waals surface area contributed by atoms with Crippen molar-refractivity contribution in [1.82, 2.24) is 4.98 Å². The van der Waals surface area contributed by atoms with Crippen LogP contribution in [-0.2, 0) is 0 Å². The normalized spacial score (nSPS) is 10.1. The first-order chi connectivity index (χ1) is 9.10. The molecule has 1 heterocycles. The summed E-state index contributed by atoms with van der Waals surface area (Å²) in [6, 6.07) is 8.76. The molecule has 0 saturated heterocycles. The number of nitrogens with one attached hydrogen (secondary N) is 2. The van der Waals surface area contributed by atoms with Crippen LogP contribution >= 0.6 is 31.9 Å². The van der Waals surface area contributed by atoms with Gasteiger partial charge in [-0.25, -0.2) is 4.98 Å². The number of hydrogen-bond donors (Lipinski definition) is 3. The summed E-state index contributed by atoms with van der Waals surface area (Å²) in [5.74, 6) is 4.95. The molecule has 0 aliphatic heterocycles. The number of carbonyl (C=O) groups excluding carboxylic acids is 1. The highest BCUT2D eigenvalue weighted by atomic mass is 79.9. The summed E-state index contributed by atoms with van der Waals surface area (Å²) in [4.78, 5) is 16.0. The van der Waals surface area contributed by atoms with Gasteiger partial charge >= 0.3 is 0 Å². The van der Waals surface area contributed by atoms with E-state index in [1.807, 2.05) is 12.1 Å². The van der Waals surface area contributed by atoms with Crippen molar-refractivity contribution in [3.8, 4) is 0 Å². The summed E-state index contributed by atoms with van der Waals surface area (Å²) in [5.41, 5.74) is 4.08. The fourth-order valence-corrected chi connectivity index (χ4v) is 2.54. The maximum absolute atomic E-state index is 12.0. The van der Waals surface area contributed by atoms with Crippen LogP contribution in [0, 0.1) is 0 Å². The van der Waals surface area contributed by atoms with Gasteiger partial charge in [0.05, 0.1) is 17.6 Å². The number of nitrogens with zero attached hydrogens (tertiary/aromatic N) is 1. The third-order valence-corrected chi connectivity index (χ3v) is 3.49. The Morgan fingerprint density at radius 1 is 1.21 bits per heavy atom. The Kier molecular flexibility index (Phi) is 4.52. The Hall–Kier alpha value is -1.44. The molecule has 1 amide bonds. The van der Waals surface area contributed by atoms with Gasteiger partial charge in [-0.2, -0.15) is 0 Å². The van der Waals surface area contributed by atoms with E-state index in [4.69, 9.17) is 5.84 Å². The highest BCUT2D eigenvalue weighted by Crippen LogP contribution is 2.26. The number of anilines is 2. The molecule has 0 radical (unpaired) electrons. The van der Waals surface area contributed by atoms with E-state index in [1.54, 1.807) is 18.2 Å². The Morgan fingerprint density at radius 3 is 2.58 bits per heavy atom. The van der Waals surface area contributed by atoms with Crippen molar-refractivity contribution in [3.63, 3.8) is 0 Å². The van der Waals surface area contributed by atoms with Crippen molar-refractivity contribution in [2.75, 3.05) is 10.7 Å². The first-order valence-corrected chi connectivity index (χ1v) is 6.88. The molecular formula is C12H10Br2N4O. The van der Waals surface area contributed by atoms with Crippen LogP contribution in [0.2, 0.25) is 0 Å². The molecule has 0 spiro atoms. The molecule has 0 aliphatic rings. The number of pyridine rings is 1. The quantitative estimate of drug-likeness (QED) is 0.560. The largest absolute Gasteiger partial charge is 0.323 e. The molecule has 98 valence electrons. The monoisotopic (exact) mass is 384 g/mol. The summed E-state index contributed by atoms with van der Waals surface area (Å²) in [6.45, 7) is 0. The SMILES string of the molecule is NNc1ccc(C(=O)Nc2ccc(Br)cc2Br)nc1. The highest BCUT2D eigenvalue weighted by Gasteiger charge is 2.09. The molecule has 4 N–H and O–H groups in total. The standard InChI is InChI=1S/C12H10Br2N4O/c13-7-1-3-10(9(14)5-7)17-12(19)11-4-2-8(18-15)6-16-11/h1-6,18H,15H2,(H,17,19). The minimum atomic E-state index is -0.286. The van der Waals surface area contributed by atoms with Gasteiger partial charge in [0.2, 0.25) is 0 Å². The average molecular weight is 386 g/mol. The summed E-state index contributed by atoms with van der Waals surface area (Å²) in [5, 5.41) is 2.77. The second-order valence-electron chi connectivity index (χ2n) is 3.65. The summed E-state index contributed by atoms with van der Waals surface area (Å²) in [6.07, 6.45) is 1.49. The Labute approximate surface area is 126 Å². The van der Waals surface area contributed by atoms with Gasteiger partial charge in [-0.15, -0.1) is 0 Å². The molecule has 0 fully saturated rings. The maximum atomic E-state index is 12.0. The number of nitrogens with two attached hydrogens (primary N) is 1. The minimum Gasteiger partial charge on any atom is -0.323 e. The topological polar surface area (TPSA) is 80.0 Å². The molecule has 0 atom stereocenters. The number of benzene rings is 1. The van der Waals surface area contributed by atoms with Gasteiger partial charge in [0.1, 0.15) is 5.69 Å². The van der Waals surface area contributed by atoms with Crippen molar-refractivity contribution in [2.45, 2.75) is 0 Å². The van der Waals surface area contributed by atoms with E-state index in [0.29, 0.717) is 17.1 Å². The van der Waals surface area contributed by atoms with E-state index >= 15 is 0 Å². The lowest BCUT2D eigenvalue weighted by molar-refractivity contribution is 0.102. The fraction of sp³-hybridized carbons (Fsp3) is 0. The van der Waals surface area contributed by atoms with Crippen molar-refractivity contribution in [3.05, 3.63) is 51.2 Å². The van der Waals surface area contributed by atoms with Crippen LogP contribution < -0.4 is 16.6 Å². The summed E-state index contributed by atoms with van der Waals surface area (Å²) in [7, 11) is 0. The van der Waals surface area contributed by atoms with E-state index in [9.17, 15) is 4.79 Å². The number of amides is 1. The first kappa shape index (κ1) is 14.0. The average Bonchev–Trinajstić information content (AvgIpc) is 2.42. The lowest BCUT2D eigenvalue weighted by Crippen LogP contribution is -2.14. The van der Waals surface area contributed by atoms with Gasteiger partial charge in [0.25, 0.3) is 5.91 Å². The van der Waals surface area contributed by atoms with Gasteiger partial charge in [0, 0.05) is 8.95 Å². The van der Waals surface area contributed by atoms with Gasteiger partial charge in [-0.3, -0.25) is 10.6 Å². The van der Waals surface area contributed by atoms with Crippen molar-refractivity contribution in [2.24, 2.45) is 5.84 Å². The molecule has 0 aliphatic carbocycles. The smallest absolute Gasteiger partial charge is 0.274 e. The van der Waals surface area contributed by atoms with Gasteiger partial charge in [-0.05, 0) is 46.3 Å².